The first-order valence-corrected chi connectivity index (χ1v) is 7.79. The molecule has 2 rings (SSSR count). The Hall–Kier alpha value is -1.56. The van der Waals surface area contributed by atoms with Crippen LogP contribution in [-0.2, 0) is 10.0 Å². The average Bonchev–Trinajstić information content (AvgIpc) is 3.04. The number of carboxylic acids is 1. The van der Waals surface area contributed by atoms with Crippen LogP contribution >= 0.6 is 0 Å². The largest absolute Gasteiger partial charge is 0.478 e. The Morgan fingerprint density at radius 3 is 2.53 bits per heavy atom. The highest BCUT2D eigenvalue weighted by molar-refractivity contribution is 7.92. The van der Waals surface area contributed by atoms with E-state index in [0.29, 0.717) is 5.56 Å². The number of anilines is 1. The van der Waals surface area contributed by atoms with Gasteiger partial charge in [-0.05, 0) is 49.8 Å². The molecule has 1 aliphatic carbocycles. The first kappa shape index (κ1) is 13.9. The Labute approximate surface area is 112 Å². The van der Waals surface area contributed by atoms with Crippen molar-refractivity contribution in [3.63, 3.8) is 0 Å². The van der Waals surface area contributed by atoms with Gasteiger partial charge < -0.3 is 5.11 Å². The number of carboxylic acid groups (broad SMARTS) is 1. The average molecular weight is 283 g/mol. The lowest BCUT2D eigenvalue weighted by Crippen LogP contribution is -2.20. The van der Waals surface area contributed by atoms with Gasteiger partial charge >= 0.3 is 5.97 Å². The van der Waals surface area contributed by atoms with Crippen LogP contribution in [0.5, 0.6) is 0 Å². The van der Waals surface area contributed by atoms with E-state index in [9.17, 15) is 18.3 Å². The molecule has 2 N–H and O–H groups in total. The van der Waals surface area contributed by atoms with E-state index in [0.717, 1.165) is 18.4 Å². The van der Waals surface area contributed by atoms with E-state index in [4.69, 9.17) is 0 Å². The molecule has 0 saturated heterocycles. The molecule has 6 heteroatoms. The molecule has 1 aromatic carbocycles. The van der Waals surface area contributed by atoms with Gasteiger partial charge in [0.05, 0.1) is 17.0 Å². The lowest BCUT2D eigenvalue weighted by atomic mass is 10.0. The molecular formula is C13H17NO4S. The number of hydrogen-bond acceptors (Lipinski definition) is 3. The van der Waals surface area contributed by atoms with Crippen LogP contribution in [0.1, 0.15) is 34.3 Å². The summed E-state index contributed by atoms with van der Waals surface area (Å²) in [6, 6.07) is 3.24. The van der Waals surface area contributed by atoms with Crippen molar-refractivity contribution in [2.45, 2.75) is 26.7 Å². The zero-order valence-corrected chi connectivity index (χ0v) is 11.8. The van der Waals surface area contributed by atoms with E-state index < -0.39 is 16.0 Å². The van der Waals surface area contributed by atoms with Crippen molar-refractivity contribution in [2.75, 3.05) is 10.5 Å². The minimum absolute atomic E-state index is 0.00290. The van der Waals surface area contributed by atoms with E-state index in [1.54, 1.807) is 19.9 Å². The van der Waals surface area contributed by atoms with E-state index in [1.807, 2.05) is 0 Å². The minimum Gasteiger partial charge on any atom is -0.478 e. The molecule has 1 aromatic rings. The van der Waals surface area contributed by atoms with Gasteiger partial charge in [-0.1, -0.05) is 6.07 Å². The minimum atomic E-state index is -3.48. The predicted molar refractivity (Wildman–Crippen MR) is 73.0 cm³/mol. The SMILES string of the molecule is Cc1cc(C)c(NS(=O)(=O)CC2CC2)c(C(=O)O)c1. The number of hydrogen-bond donors (Lipinski definition) is 2. The van der Waals surface area contributed by atoms with Crippen molar-refractivity contribution in [3.05, 3.63) is 28.8 Å². The second-order valence-electron chi connectivity index (χ2n) is 5.14. The number of aromatic carboxylic acids is 1. The van der Waals surface area contributed by atoms with Crippen LogP contribution in [0, 0.1) is 19.8 Å². The van der Waals surface area contributed by atoms with Crippen LogP contribution in [-0.4, -0.2) is 25.2 Å². The normalized spacial score (nSPS) is 15.3. The predicted octanol–water partition coefficient (Wildman–Crippen LogP) is 2.15. The molecule has 0 bridgehead atoms. The molecule has 0 aliphatic heterocycles. The highest BCUT2D eigenvalue weighted by atomic mass is 32.2. The van der Waals surface area contributed by atoms with Gasteiger partial charge in [-0.2, -0.15) is 0 Å². The molecule has 0 aromatic heterocycles. The van der Waals surface area contributed by atoms with Gasteiger partial charge in [0.15, 0.2) is 0 Å². The van der Waals surface area contributed by atoms with E-state index in [-0.39, 0.29) is 22.9 Å². The summed E-state index contributed by atoms with van der Waals surface area (Å²) in [5, 5.41) is 9.17. The molecule has 1 aliphatic rings. The van der Waals surface area contributed by atoms with Gasteiger partial charge in [0, 0.05) is 0 Å². The summed E-state index contributed by atoms with van der Waals surface area (Å²) in [7, 11) is -3.48. The van der Waals surface area contributed by atoms with Crippen LogP contribution in [0.3, 0.4) is 0 Å². The summed E-state index contributed by atoms with van der Waals surface area (Å²) in [5.41, 5.74) is 1.59. The van der Waals surface area contributed by atoms with Gasteiger partial charge in [-0.3, -0.25) is 4.72 Å². The maximum Gasteiger partial charge on any atom is 0.337 e. The number of aryl methyl sites for hydroxylation is 2. The second-order valence-corrected chi connectivity index (χ2v) is 6.90. The fourth-order valence-electron chi connectivity index (χ4n) is 2.06. The van der Waals surface area contributed by atoms with Crippen molar-refractivity contribution in [1.82, 2.24) is 0 Å². The Morgan fingerprint density at radius 2 is 2.00 bits per heavy atom. The Balaban J connectivity index is 2.35. The van der Waals surface area contributed by atoms with E-state index in [2.05, 4.69) is 4.72 Å². The third-order valence-corrected chi connectivity index (χ3v) is 4.55. The highest BCUT2D eigenvalue weighted by Crippen LogP contribution is 2.31. The van der Waals surface area contributed by atoms with Gasteiger partial charge in [0.2, 0.25) is 10.0 Å². The molecule has 0 spiro atoms. The number of carbonyl (C=O) groups is 1. The molecule has 0 atom stereocenters. The third kappa shape index (κ3) is 3.47. The Bertz CT molecular complexity index is 618. The molecule has 0 radical (unpaired) electrons. The molecule has 0 amide bonds. The number of rotatable bonds is 5. The first-order chi connectivity index (χ1) is 8.78. The van der Waals surface area contributed by atoms with Crippen LogP contribution in [0.25, 0.3) is 0 Å². The van der Waals surface area contributed by atoms with Crippen LogP contribution in [0.4, 0.5) is 5.69 Å². The second kappa shape index (κ2) is 4.85. The molecule has 1 fully saturated rings. The zero-order valence-electron chi connectivity index (χ0n) is 10.9. The number of sulfonamides is 1. The quantitative estimate of drug-likeness (QED) is 0.867. The van der Waals surface area contributed by atoms with Crippen LogP contribution in [0.2, 0.25) is 0 Å². The topological polar surface area (TPSA) is 83.5 Å². The van der Waals surface area contributed by atoms with Crippen molar-refractivity contribution >= 4 is 21.7 Å². The summed E-state index contributed by atoms with van der Waals surface area (Å²) < 4.78 is 26.3. The Kier molecular flexibility index (Phi) is 3.54. The summed E-state index contributed by atoms with van der Waals surface area (Å²) in [4.78, 5) is 11.2. The van der Waals surface area contributed by atoms with Crippen molar-refractivity contribution in [2.24, 2.45) is 5.92 Å². The van der Waals surface area contributed by atoms with Crippen LogP contribution in [0.15, 0.2) is 12.1 Å². The van der Waals surface area contributed by atoms with E-state index >= 15 is 0 Å². The fraction of sp³-hybridized carbons (Fsp3) is 0.462. The maximum atomic E-state index is 12.0. The molecule has 104 valence electrons. The molecule has 19 heavy (non-hydrogen) atoms. The molecule has 0 heterocycles. The summed E-state index contributed by atoms with van der Waals surface area (Å²) >= 11 is 0. The summed E-state index contributed by atoms with van der Waals surface area (Å²) in [6.07, 6.45) is 1.86. The summed E-state index contributed by atoms with van der Waals surface area (Å²) in [5.74, 6) is -0.841. The van der Waals surface area contributed by atoms with Crippen molar-refractivity contribution in [3.8, 4) is 0 Å². The smallest absolute Gasteiger partial charge is 0.337 e. The van der Waals surface area contributed by atoms with Crippen molar-refractivity contribution < 1.29 is 18.3 Å². The lowest BCUT2D eigenvalue weighted by Gasteiger charge is -2.14. The third-order valence-electron chi connectivity index (χ3n) is 3.12. The fourth-order valence-corrected chi connectivity index (χ4v) is 3.68. The van der Waals surface area contributed by atoms with Gasteiger partial charge in [-0.15, -0.1) is 0 Å². The lowest BCUT2D eigenvalue weighted by molar-refractivity contribution is 0.0698. The monoisotopic (exact) mass is 283 g/mol. The van der Waals surface area contributed by atoms with E-state index in [1.165, 1.54) is 6.07 Å². The number of nitrogens with one attached hydrogen (secondary N) is 1. The molecule has 1 saturated carbocycles. The van der Waals surface area contributed by atoms with Crippen molar-refractivity contribution in [1.29, 1.82) is 0 Å². The standard InChI is InChI=1S/C13H17NO4S/c1-8-5-9(2)12(11(6-8)13(15)16)14-19(17,18)7-10-3-4-10/h5-6,10,14H,3-4,7H2,1-2H3,(H,15,16). The number of benzene rings is 1. The Morgan fingerprint density at radius 1 is 1.37 bits per heavy atom. The molecule has 0 unspecified atom stereocenters. The van der Waals surface area contributed by atoms with Crippen LogP contribution < -0.4 is 4.72 Å². The first-order valence-electron chi connectivity index (χ1n) is 6.13. The van der Waals surface area contributed by atoms with Gasteiger partial charge in [0.25, 0.3) is 0 Å². The molecule has 5 nitrogen and oxygen atoms in total. The van der Waals surface area contributed by atoms with Gasteiger partial charge in [0.1, 0.15) is 0 Å². The highest BCUT2D eigenvalue weighted by Gasteiger charge is 2.29. The van der Waals surface area contributed by atoms with Gasteiger partial charge in [-0.25, -0.2) is 13.2 Å². The maximum absolute atomic E-state index is 12.0. The molecular weight excluding hydrogens is 266 g/mol. The summed E-state index contributed by atoms with van der Waals surface area (Å²) in [6.45, 7) is 3.48. The zero-order chi connectivity index (χ0) is 14.2.